The molecule has 0 radical (unpaired) electrons. The van der Waals surface area contributed by atoms with Gasteiger partial charge in [0, 0.05) is 16.4 Å². The number of esters is 1. The van der Waals surface area contributed by atoms with Gasteiger partial charge in [0.15, 0.2) is 0 Å². The number of carbonyl (C=O) groups is 1. The number of H-pyrrole nitrogens is 1. The van der Waals surface area contributed by atoms with E-state index < -0.39 is 0 Å². The highest BCUT2D eigenvalue weighted by molar-refractivity contribution is 9.10. The number of nitrogens with zero attached hydrogens (tertiary/aromatic N) is 1. The van der Waals surface area contributed by atoms with Crippen molar-refractivity contribution >= 4 is 27.6 Å². The molecule has 1 atom stereocenters. The second-order valence-corrected chi connectivity index (χ2v) is 5.15. The average molecular weight is 338 g/mol. The maximum Gasteiger partial charge on any atom is 0.338 e. The first-order chi connectivity index (χ1) is 9.61. The van der Waals surface area contributed by atoms with Crippen LogP contribution in [0.4, 0.5) is 5.69 Å². The third-order valence-electron chi connectivity index (χ3n) is 2.84. The molecule has 0 aliphatic carbocycles. The van der Waals surface area contributed by atoms with Crippen molar-refractivity contribution < 1.29 is 9.53 Å². The molecule has 6 heteroatoms. The van der Waals surface area contributed by atoms with Crippen molar-refractivity contribution in [3.05, 3.63) is 46.2 Å². The van der Waals surface area contributed by atoms with Crippen LogP contribution in [-0.4, -0.2) is 22.8 Å². The Bertz CT molecular complexity index is 584. The van der Waals surface area contributed by atoms with Crippen molar-refractivity contribution in [1.82, 2.24) is 10.2 Å². The summed E-state index contributed by atoms with van der Waals surface area (Å²) in [6.45, 7) is 4.18. The normalized spacial score (nSPS) is 11.9. The van der Waals surface area contributed by atoms with Crippen molar-refractivity contribution in [2.24, 2.45) is 0 Å². The SMILES string of the molecule is CCOC(=O)c1ccc(NC(C)c2ccn[nH]2)c(Br)c1. The standard InChI is InChI=1S/C14H16BrN3O2/c1-3-20-14(19)10-4-5-13(11(15)8-10)17-9(2)12-6-7-16-18-12/h4-9,17H,3H2,1-2H3,(H,16,18). The maximum absolute atomic E-state index is 11.6. The summed E-state index contributed by atoms with van der Waals surface area (Å²) in [7, 11) is 0. The molecule has 2 rings (SSSR count). The molecule has 0 saturated carbocycles. The molecule has 1 heterocycles. The molecule has 1 aromatic carbocycles. The lowest BCUT2D eigenvalue weighted by atomic mass is 10.2. The van der Waals surface area contributed by atoms with Crippen LogP contribution >= 0.6 is 15.9 Å². The second kappa shape index (κ2) is 6.56. The van der Waals surface area contributed by atoms with E-state index >= 15 is 0 Å². The first kappa shape index (κ1) is 14.6. The Morgan fingerprint density at radius 2 is 2.30 bits per heavy atom. The molecule has 0 spiro atoms. The number of aromatic nitrogens is 2. The third-order valence-corrected chi connectivity index (χ3v) is 3.50. The van der Waals surface area contributed by atoms with Gasteiger partial charge in [-0.05, 0) is 54.0 Å². The Balaban J connectivity index is 2.12. The van der Waals surface area contributed by atoms with Crippen molar-refractivity contribution in [2.45, 2.75) is 19.9 Å². The minimum atomic E-state index is -0.318. The highest BCUT2D eigenvalue weighted by Gasteiger charge is 2.12. The third kappa shape index (κ3) is 3.39. The van der Waals surface area contributed by atoms with Gasteiger partial charge in [0.25, 0.3) is 0 Å². The van der Waals surface area contributed by atoms with E-state index in [4.69, 9.17) is 4.74 Å². The molecule has 0 fully saturated rings. The van der Waals surface area contributed by atoms with Crippen molar-refractivity contribution in [3.63, 3.8) is 0 Å². The lowest BCUT2D eigenvalue weighted by molar-refractivity contribution is 0.0526. The minimum Gasteiger partial charge on any atom is -0.462 e. The van der Waals surface area contributed by atoms with Gasteiger partial charge in [-0.2, -0.15) is 5.10 Å². The van der Waals surface area contributed by atoms with Gasteiger partial charge in [-0.3, -0.25) is 5.10 Å². The van der Waals surface area contributed by atoms with E-state index in [9.17, 15) is 4.79 Å². The van der Waals surface area contributed by atoms with Crippen molar-refractivity contribution in [1.29, 1.82) is 0 Å². The summed E-state index contributed by atoms with van der Waals surface area (Å²) in [5.41, 5.74) is 2.42. The molecule has 1 unspecified atom stereocenters. The predicted molar refractivity (Wildman–Crippen MR) is 80.7 cm³/mol. The molecule has 2 N–H and O–H groups in total. The minimum absolute atomic E-state index is 0.0854. The molecule has 106 valence electrons. The Hall–Kier alpha value is -1.82. The van der Waals surface area contributed by atoms with Gasteiger partial charge >= 0.3 is 5.97 Å². The molecule has 2 aromatic rings. The summed E-state index contributed by atoms with van der Waals surface area (Å²) in [5.74, 6) is -0.318. The number of ether oxygens (including phenoxy) is 1. The highest BCUT2D eigenvalue weighted by atomic mass is 79.9. The van der Waals surface area contributed by atoms with Crippen LogP contribution in [0.25, 0.3) is 0 Å². The zero-order chi connectivity index (χ0) is 14.5. The number of anilines is 1. The van der Waals surface area contributed by atoms with E-state index in [1.54, 1.807) is 25.3 Å². The molecule has 1 aromatic heterocycles. The zero-order valence-electron chi connectivity index (χ0n) is 11.3. The molecule has 0 bridgehead atoms. The van der Waals surface area contributed by atoms with Gasteiger partial charge in [0.05, 0.1) is 23.9 Å². The van der Waals surface area contributed by atoms with Gasteiger partial charge in [0.1, 0.15) is 0 Å². The van der Waals surface area contributed by atoms with E-state index in [0.29, 0.717) is 12.2 Å². The number of hydrogen-bond donors (Lipinski definition) is 2. The summed E-state index contributed by atoms with van der Waals surface area (Å²) >= 11 is 3.46. The first-order valence-corrected chi connectivity index (χ1v) is 7.13. The largest absolute Gasteiger partial charge is 0.462 e. The quantitative estimate of drug-likeness (QED) is 0.819. The molecule has 0 saturated heterocycles. The molecular formula is C14H16BrN3O2. The topological polar surface area (TPSA) is 67.0 Å². The Morgan fingerprint density at radius 1 is 1.50 bits per heavy atom. The smallest absolute Gasteiger partial charge is 0.338 e. The Labute approximate surface area is 125 Å². The van der Waals surface area contributed by atoms with Crippen LogP contribution in [0.1, 0.15) is 35.9 Å². The van der Waals surface area contributed by atoms with Crippen molar-refractivity contribution in [2.75, 3.05) is 11.9 Å². The summed E-state index contributed by atoms with van der Waals surface area (Å²) in [4.78, 5) is 11.6. The number of nitrogens with one attached hydrogen (secondary N) is 2. The summed E-state index contributed by atoms with van der Waals surface area (Å²) in [5, 5.41) is 10.2. The van der Waals surface area contributed by atoms with Crippen LogP contribution in [0.2, 0.25) is 0 Å². The lowest BCUT2D eigenvalue weighted by Gasteiger charge is -2.15. The molecule has 0 aliphatic rings. The van der Waals surface area contributed by atoms with E-state index in [-0.39, 0.29) is 12.0 Å². The second-order valence-electron chi connectivity index (χ2n) is 4.29. The van der Waals surface area contributed by atoms with E-state index in [1.165, 1.54) is 0 Å². The van der Waals surface area contributed by atoms with Crippen LogP contribution in [0.3, 0.4) is 0 Å². The number of halogens is 1. The molecule has 0 amide bonds. The molecule has 5 nitrogen and oxygen atoms in total. The van der Waals surface area contributed by atoms with E-state index in [2.05, 4.69) is 31.4 Å². The lowest BCUT2D eigenvalue weighted by Crippen LogP contribution is -2.09. The molecular weight excluding hydrogens is 322 g/mol. The Morgan fingerprint density at radius 3 is 2.90 bits per heavy atom. The summed E-state index contributed by atoms with van der Waals surface area (Å²) < 4.78 is 5.78. The van der Waals surface area contributed by atoms with Crippen LogP contribution in [0.15, 0.2) is 34.9 Å². The van der Waals surface area contributed by atoms with Gasteiger partial charge in [0.2, 0.25) is 0 Å². The number of carbonyl (C=O) groups excluding carboxylic acids is 1. The number of aromatic amines is 1. The van der Waals surface area contributed by atoms with Gasteiger partial charge < -0.3 is 10.1 Å². The van der Waals surface area contributed by atoms with Crippen molar-refractivity contribution in [3.8, 4) is 0 Å². The number of rotatable bonds is 5. The van der Waals surface area contributed by atoms with Crippen LogP contribution < -0.4 is 5.32 Å². The summed E-state index contributed by atoms with van der Waals surface area (Å²) in [6.07, 6.45) is 1.71. The van der Waals surface area contributed by atoms with Gasteiger partial charge in [-0.25, -0.2) is 4.79 Å². The van der Waals surface area contributed by atoms with Crippen LogP contribution in [0, 0.1) is 0 Å². The zero-order valence-corrected chi connectivity index (χ0v) is 12.9. The monoisotopic (exact) mass is 337 g/mol. The maximum atomic E-state index is 11.6. The van der Waals surface area contributed by atoms with Gasteiger partial charge in [-0.1, -0.05) is 0 Å². The predicted octanol–water partition coefficient (Wildman–Crippen LogP) is 3.52. The van der Waals surface area contributed by atoms with Crippen LogP contribution in [-0.2, 0) is 4.74 Å². The fourth-order valence-electron chi connectivity index (χ4n) is 1.79. The van der Waals surface area contributed by atoms with E-state index in [0.717, 1.165) is 15.9 Å². The summed E-state index contributed by atoms with van der Waals surface area (Å²) in [6, 6.07) is 7.34. The van der Waals surface area contributed by atoms with E-state index in [1.807, 2.05) is 19.1 Å². The fourth-order valence-corrected chi connectivity index (χ4v) is 2.29. The van der Waals surface area contributed by atoms with Gasteiger partial charge in [-0.15, -0.1) is 0 Å². The van der Waals surface area contributed by atoms with Crippen LogP contribution in [0.5, 0.6) is 0 Å². The molecule has 20 heavy (non-hydrogen) atoms. The highest BCUT2D eigenvalue weighted by Crippen LogP contribution is 2.27. The average Bonchev–Trinajstić information content (AvgIpc) is 2.95. The number of hydrogen-bond acceptors (Lipinski definition) is 4. The number of benzene rings is 1. The Kier molecular flexibility index (Phi) is 4.79. The fraction of sp³-hybridized carbons (Fsp3) is 0.286. The molecule has 0 aliphatic heterocycles. The first-order valence-electron chi connectivity index (χ1n) is 6.34.